The molecule has 0 spiro atoms. The number of aromatic nitrogens is 4. The Morgan fingerprint density at radius 1 is 1.12 bits per heavy atom. The zero-order chi connectivity index (χ0) is 17.1. The molecule has 2 aromatic carbocycles. The van der Waals surface area contributed by atoms with E-state index in [4.69, 9.17) is 0 Å². The van der Waals surface area contributed by atoms with Crippen molar-refractivity contribution in [3.63, 3.8) is 0 Å². The summed E-state index contributed by atoms with van der Waals surface area (Å²) in [6, 6.07) is 13.6. The van der Waals surface area contributed by atoms with Gasteiger partial charge in [0, 0.05) is 10.0 Å². The van der Waals surface area contributed by atoms with E-state index < -0.39 is 0 Å². The normalized spacial score (nSPS) is 10.6. The fraction of sp³-hybridized carbons (Fsp3) is 0.176. The Kier molecular flexibility index (Phi) is 4.71. The van der Waals surface area contributed by atoms with Gasteiger partial charge in [0.2, 0.25) is 11.7 Å². The lowest BCUT2D eigenvalue weighted by molar-refractivity contribution is -0.117. The Labute approximate surface area is 148 Å². The minimum Gasteiger partial charge on any atom is -0.323 e. The number of halogens is 1. The van der Waals surface area contributed by atoms with E-state index in [1.165, 1.54) is 4.80 Å². The topological polar surface area (TPSA) is 72.7 Å². The largest absolute Gasteiger partial charge is 0.323 e. The molecule has 122 valence electrons. The number of carbonyl (C=O) groups excluding carboxylic acids is 1. The van der Waals surface area contributed by atoms with Crippen molar-refractivity contribution in [2.75, 3.05) is 5.32 Å². The van der Waals surface area contributed by atoms with Crippen molar-refractivity contribution in [1.82, 2.24) is 20.2 Å². The van der Waals surface area contributed by atoms with Gasteiger partial charge in [0.1, 0.15) is 6.54 Å². The summed E-state index contributed by atoms with van der Waals surface area (Å²) in [5, 5.41) is 15.0. The summed E-state index contributed by atoms with van der Waals surface area (Å²) in [5.41, 5.74) is 3.85. The molecular weight excluding hydrogens is 370 g/mol. The first kappa shape index (κ1) is 16.3. The first-order valence-electron chi connectivity index (χ1n) is 7.42. The van der Waals surface area contributed by atoms with Crippen LogP contribution in [0.25, 0.3) is 11.4 Å². The van der Waals surface area contributed by atoms with Crippen molar-refractivity contribution >= 4 is 27.5 Å². The second kappa shape index (κ2) is 6.92. The van der Waals surface area contributed by atoms with Crippen LogP contribution in [0.5, 0.6) is 0 Å². The summed E-state index contributed by atoms with van der Waals surface area (Å²) in [6.07, 6.45) is 0. The van der Waals surface area contributed by atoms with Gasteiger partial charge in [-0.05, 0) is 52.7 Å². The summed E-state index contributed by atoms with van der Waals surface area (Å²) >= 11 is 3.44. The van der Waals surface area contributed by atoms with Crippen molar-refractivity contribution in [2.24, 2.45) is 0 Å². The predicted octanol–water partition coefficient (Wildman–Crippen LogP) is 3.36. The third-order valence-corrected chi connectivity index (χ3v) is 4.10. The summed E-state index contributed by atoms with van der Waals surface area (Å²) in [4.78, 5) is 13.4. The van der Waals surface area contributed by atoms with Gasteiger partial charge in [-0.1, -0.05) is 35.9 Å². The minimum atomic E-state index is -0.215. The number of nitrogens with one attached hydrogen (secondary N) is 1. The molecule has 24 heavy (non-hydrogen) atoms. The van der Waals surface area contributed by atoms with E-state index >= 15 is 0 Å². The molecule has 0 aliphatic rings. The number of carbonyl (C=O) groups is 1. The molecular formula is C17H16BrN5O. The summed E-state index contributed by atoms with van der Waals surface area (Å²) in [6.45, 7) is 4.00. The van der Waals surface area contributed by atoms with Crippen molar-refractivity contribution < 1.29 is 4.79 Å². The molecule has 1 heterocycles. The third-order valence-electron chi connectivity index (χ3n) is 3.45. The highest BCUT2D eigenvalue weighted by Crippen LogP contribution is 2.23. The lowest BCUT2D eigenvalue weighted by Gasteiger charge is -2.07. The standard InChI is InChI=1S/C17H16BrN5O/c1-11-3-6-13(7-4-11)17-20-22-23(21-17)10-16(24)19-15-8-5-12(2)9-14(15)18/h3-9H,10H2,1-2H3,(H,19,24). The zero-order valence-corrected chi connectivity index (χ0v) is 14.9. The molecule has 3 aromatic rings. The average molecular weight is 386 g/mol. The molecule has 0 fully saturated rings. The van der Waals surface area contributed by atoms with E-state index in [9.17, 15) is 4.79 Å². The Morgan fingerprint density at radius 2 is 1.83 bits per heavy atom. The van der Waals surface area contributed by atoms with Crippen LogP contribution in [0.1, 0.15) is 11.1 Å². The van der Waals surface area contributed by atoms with Crippen LogP contribution < -0.4 is 5.32 Å². The van der Waals surface area contributed by atoms with Gasteiger partial charge in [-0.25, -0.2) is 0 Å². The molecule has 1 N–H and O–H groups in total. The number of anilines is 1. The predicted molar refractivity (Wildman–Crippen MR) is 95.5 cm³/mol. The van der Waals surface area contributed by atoms with Gasteiger partial charge < -0.3 is 5.32 Å². The van der Waals surface area contributed by atoms with E-state index in [2.05, 4.69) is 36.7 Å². The lowest BCUT2D eigenvalue weighted by Crippen LogP contribution is -2.20. The number of hydrogen-bond acceptors (Lipinski definition) is 4. The summed E-state index contributed by atoms with van der Waals surface area (Å²) < 4.78 is 0.836. The van der Waals surface area contributed by atoms with Crippen molar-refractivity contribution in [2.45, 2.75) is 20.4 Å². The summed E-state index contributed by atoms with van der Waals surface area (Å²) in [5.74, 6) is 0.284. The quantitative estimate of drug-likeness (QED) is 0.747. The number of benzene rings is 2. The fourth-order valence-corrected chi connectivity index (χ4v) is 2.76. The Bertz CT molecular complexity index is 873. The van der Waals surface area contributed by atoms with Gasteiger partial charge in [-0.15, -0.1) is 10.2 Å². The number of hydrogen-bond donors (Lipinski definition) is 1. The van der Waals surface area contributed by atoms with E-state index in [0.717, 1.165) is 21.2 Å². The summed E-state index contributed by atoms with van der Waals surface area (Å²) in [7, 11) is 0. The average Bonchev–Trinajstić information content (AvgIpc) is 2.99. The van der Waals surface area contributed by atoms with E-state index in [0.29, 0.717) is 11.5 Å². The monoisotopic (exact) mass is 385 g/mol. The first-order valence-corrected chi connectivity index (χ1v) is 8.21. The number of rotatable bonds is 4. The maximum absolute atomic E-state index is 12.1. The number of nitrogens with zero attached hydrogens (tertiary/aromatic N) is 4. The highest BCUT2D eigenvalue weighted by atomic mass is 79.9. The molecule has 0 unspecified atom stereocenters. The van der Waals surface area contributed by atoms with E-state index in [-0.39, 0.29) is 12.5 Å². The molecule has 0 saturated heterocycles. The Balaban J connectivity index is 1.68. The van der Waals surface area contributed by atoms with Crippen molar-refractivity contribution in [1.29, 1.82) is 0 Å². The zero-order valence-electron chi connectivity index (χ0n) is 13.3. The van der Waals surface area contributed by atoms with E-state index in [1.807, 2.05) is 56.3 Å². The molecule has 0 aliphatic heterocycles. The van der Waals surface area contributed by atoms with Gasteiger partial charge in [0.05, 0.1) is 5.69 Å². The van der Waals surface area contributed by atoms with Crippen LogP contribution in [0.2, 0.25) is 0 Å². The maximum Gasteiger partial charge on any atom is 0.248 e. The maximum atomic E-state index is 12.1. The SMILES string of the molecule is Cc1ccc(-c2nnn(CC(=O)Nc3ccc(C)cc3Br)n2)cc1. The number of amides is 1. The molecule has 1 amide bonds. The highest BCUT2D eigenvalue weighted by molar-refractivity contribution is 9.10. The first-order chi connectivity index (χ1) is 11.5. The van der Waals surface area contributed by atoms with Crippen LogP contribution in [-0.4, -0.2) is 26.1 Å². The van der Waals surface area contributed by atoms with Crippen molar-refractivity contribution in [3.05, 3.63) is 58.1 Å². The smallest absolute Gasteiger partial charge is 0.248 e. The lowest BCUT2D eigenvalue weighted by atomic mass is 10.1. The minimum absolute atomic E-state index is 0.000816. The van der Waals surface area contributed by atoms with Crippen molar-refractivity contribution in [3.8, 4) is 11.4 Å². The van der Waals surface area contributed by atoms with Crippen LogP contribution in [-0.2, 0) is 11.3 Å². The van der Waals surface area contributed by atoms with E-state index in [1.54, 1.807) is 0 Å². The van der Waals surface area contributed by atoms with Gasteiger partial charge in [0.15, 0.2) is 0 Å². The molecule has 0 atom stereocenters. The fourth-order valence-electron chi connectivity index (χ4n) is 2.17. The number of aryl methyl sites for hydroxylation is 2. The molecule has 0 aliphatic carbocycles. The van der Waals surface area contributed by atoms with Crippen LogP contribution >= 0.6 is 15.9 Å². The van der Waals surface area contributed by atoms with Gasteiger partial charge in [0.25, 0.3) is 0 Å². The highest BCUT2D eigenvalue weighted by Gasteiger charge is 2.10. The van der Waals surface area contributed by atoms with Crippen LogP contribution in [0, 0.1) is 13.8 Å². The molecule has 0 saturated carbocycles. The van der Waals surface area contributed by atoms with Gasteiger partial charge in [-0.3, -0.25) is 4.79 Å². The molecule has 7 heteroatoms. The second-order valence-electron chi connectivity index (χ2n) is 5.54. The molecule has 3 rings (SSSR count). The molecule has 6 nitrogen and oxygen atoms in total. The van der Waals surface area contributed by atoms with Crippen LogP contribution in [0.4, 0.5) is 5.69 Å². The van der Waals surface area contributed by atoms with Crippen LogP contribution in [0.3, 0.4) is 0 Å². The van der Waals surface area contributed by atoms with Gasteiger partial charge >= 0.3 is 0 Å². The molecule has 1 aromatic heterocycles. The Hall–Kier alpha value is -2.54. The van der Waals surface area contributed by atoms with Gasteiger partial charge in [-0.2, -0.15) is 4.80 Å². The van der Waals surface area contributed by atoms with Crippen LogP contribution in [0.15, 0.2) is 46.9 Å². The molecule has 0 radical (unpaired) electrons. The molecule has 0 bridgehead atoms. The number of tetrazole rings is 1. The second-order valence-corrected chi connectivity index (χ2v) is 6.40. The third kappa shape index (κ3) is 3.86. The Morgan fingerprint density at radius 3 is 2.54 bits per heavy atom.